The largest absolute Gasteiger partial charge is 0.484 e. The number of Topliss-reactive ketones (excluding diaryl/α,β-unsaturated/α-hetero) is 1. The molecule has 1 aromatic carbocycles. The average molecular weight is 494 g/mol. The van der Waals surface area contributed by atoms with Gasteiger partial charge in [0.2, 0.25) is 15.9 Å². The fraction of sp³-hybridized carbons (Fsp3) is 0.545. The van der Waals surface area contributed by atoms with Crippen molar-refractivity contribution >= 4 is 33.3 Å². The number of hydrogen-bond acceptors (Lipinski definition) is 9. The molecule has 2 rings (SSSR count). The first-order chi connectivity index (χ1) is 16.2. The minimum atomic E-state index is -3.87. The average Bonchev–Trinajstić information content (AvgIpc) is 3.32. The summed E-state index contributed by atoms with van der Waals surface area (Å²) in [6, 6.07) is 6.77. The highest BCUT2D eigenvalue weighted by Gasteiger charge is 2.16. The zero-order valence-electron chi connectivity index (χ0n) is 19.5. The summed E-state index contributed by atoms with van der Waals surface area (Å²) in [6.45, 7) is 3.86. The summed E-state index contributed by atoms with van der Waals surface area (Å²) in [5.74, 6) is -0.829. The Bertz CT molecular complexity index is 1020. The van der Waals surface area contributed by atoms with Crippen molar-refractivity contribution in [3.05, 3.63) is 29.8 Å². The van der Waals surface area contributed by atoms with E-state index in [1.54, 1.807) is 31.2 Å². The maximum absolute atomic E-state index is 12.1. The molecule has 11 nitrogen and oxygen atoms in total. The van der Waals surface area contributed by atoms with Crippen LogP contribution in [0.4, 0.5) is 0 Å². The van der Waals surface area contributed by atoms with Gasteiger partial charge in [-0.2, -0.15) is 5.11 Å². The van der Waals surface area contributed by atoms with Gasteiger partial charge in [0, 0.05) is 24.4 Å². The van der Waals surface area contributed by atoms with E-state index in [0.717, 1.165) is 30.5 Å². The highest BCUT2D eigenvalue weighted by atomic mass is 32.2. The van der Waals surface area contributed by atoms with Crippen molar-refractivity contribution < 1.29 is 27.5 Å². The van der Waals surface area contributed by atoms with Crippen molar-refractivity contribution in [3.63, 3.8) is 0 Å². The lowest BCUT2D eigenvalue weighted by atomic mass is 10.0. The molecular weight excluding hydrogens is 462 g/mol. The van der Waals surface area contributed by atoms with Crippen molar-refractivity contribution in [1.29, 1.82) is 0 Å². The van der Waals surface area contributed by atoms with E-state index >= 15 is 0 Å². The van der Waals surface area contributed by atoms with Crippen molar-refractivity contribution in [2.45, 2.75) is 46.0 Å². The molecule has 1 aliphatic rings. The van der Waals surface area contributed by atoms with Gasteiger partial charge in [-0.15, -0.1) is 5.10 Å². The van der Waals surface area contributed by atoms with E-state index in [1.165, 1.54) is 0 Å². The summed E-state index contributed by atoms with van der Waals surface area (Å²) in [6.07, 6.45) is 2.48. The quantitative estimate of drug-likeness (QED) is 0.356. The fourth-order valence-electron chi connectivity index (χ4n) is 3.03. The molecule has 0 saturated heterocycles. The number of ether oxygens (including phenoxy) is 1. The number of carbonyl (C=O) groups excluding carboxylic acids is 3. The number of nitrogens with one attached hydrogen (secondary N) is 2. The van der Waals surface area contributed by atoms with Crippen LogP contribution in [-0.4, -0.2) is 57.2 Å². The molecule has 0 bridgehead atoms. The summed E-state index contributed by atoms with van der Waals surface area (Å²) >= 11 is 0. The summed E-state index contributed by atoms with van der Waals surface area (Å²) in [4.78, 5) is 35.0. The topological polar surface area (TPSA) is 156 Å². The van der Waals surface area contributed by atoms with Gasteiger partial charge in [-0.1, -0.05) is 13.3 Å². The number of benzene rings is 1. The molecule has 1 heterocycles. The lowest BCUT2D eigenvalue weighted by Gasteiger charge is -2.09. The predicted molar refractivity (Wildman–Crippen MR) is 126 cm³/mol. The summed E-state index contributed by atoms with van der Waals surface area (Å²) < 4.78 is 31.4. The molecule has 1 aromatic rings. The number of rotatable bonds is 15. The van der Waals surface area contributed by atoms with E-state index in [9.17, 15) is 22.8 Å². The van der Waals surface area contributed by atoms with Gasteiger partial charge in [0.25, 0.3) is 5.91 Å². The summed E-state index contributed by atoms with van der Waals surface area (Å²) in [7, 11) is -3.87. The van der Waals surface area contributed by atoms with E-state index in [2.05, 4.69) is 20.8 Å². The molecule has 0 spiro atoms. The van der Waals surface area contributed by atoms with Crippen molar-refractivity contribution in [1.82, 2.24) is 10.0 Å². The molecule has 0 aromatic heterocycles. The number of unbranched alkanes of at least 4 members (excludes halogenated alkanes) is 1. The molecule has 0 fully saturated rings. The molecule has 2 amide bonds. The van der Waals surface area contributed by atoms with E-state index in [0.29, 0.717) is 18.8 Å². The van der Waals surface area contributed by atoms with E-state index < -0.39 is 22.5 Å². The molecular formula is C22H31N5O6S. The lowest BCUT2D eigenvalue weighted by molar-refractivity contribution is -0.121. The first-order valence-corrected chi connectivity index (χ1v) is 12.8. The Morgan fingerprint density at radius 3 is 2.47 bits per heavy atom. The Hall–Kier alpha value is -3.15. The number of amides is 2. The van der Waals surface area contributed by atoms with Crippen LogP contribution in [0.25, 0.3) is 0 Å². The van der Waals surface area contributed by atoms with Crippen LogP contribution in [0.15, 0.2) is 39.7 Å². The molecule has 1 aliphatic heterocycles. The van der Waals surface area contributed by atoms with E-state index in [-0.39, 0.29) is 36.2 Å². The third-order valence-electron chi connectivity index (χ3n) is 5.17. The SMILES string of the molecule is CC(=O)[C@@H](C)CCCCNC(=O)CCCS(=O)(=O)NC(=O)COc1ccc(C2=NN=NC2)cc1. The standard InChI is InChI=1S/C22H31N5O6S/c1-16(17(2)28)6-3-4-12-23-21(29)7-5-13-34(31,32)26-22(30)15-33-19-10-8-18(9-11-19)20-14-24-27-25-20/h8-11,16H,3-7,12-15H2,1-2H3,(H,23,29)(H,26,30)/t16-/m0/s1. The second-order valence-corrected chi connectivity index (χ2v) is 9.90. The summed E-state index contributed by atoms with van der Waals surface area (Å²) in [5.41, 5.74) is 1.55. The van der Waals surface area contributed by atoms with Crippen molar-refractivity contribution in [3.8, 4) is 5.75 Å². The second kappa shape index (κ2) is 13.5. The number of carbonyl (C=O) groups is 3. The number of nitrogens with zero attached hydrogens (tertiary/aromatic N) is 3. The molecule has 0 radical (unpaired) electrons. The van der Waals surface area contributed by atoms with Gasteiger partial charge in [-0.25, -0.2) is 8.42 Å². The van der Waals surface area contributed by atoms with Gasteiger partial charge in [0.1, 0.15) is 18.1 Å². The van der Waals surface area contributed by atoms with Crippen LogP contribution in [0.1, 0.15) is 51.5 Å². The van der Waals surface area contributed by atoms with Crippen LogP contribution in [-0.2, 0) is 24.4 Å². The number of ketones is 1. The number of hydrogen-bond donors (Lipinski definition) is 2. The fourth-order valence-corrected chi connectivity index (χ4v) is 4.06. The third kappa shape index (κ3) is 10.2. The smallest absolute Gasteiger partial charge is 0.271 e. The highest BCUT2D eigenvalue weighted by Crippen LogP contribution is 2.14. The summed E-state index contributed by atoms with van der Waals surface area (Å²) in [5, 5.41) is 13.9. The Morgan fingerprint density at radius 1 is 1.09 bits per heavy atom. The maximum atomic E-state index is 12.1. The van der Waals surface area contributed by atoms with Crippen LogP contribution >= 0.6 is 0 Å². The van der Waals surface area contributed by atoms with Crippen LogP contribution in [0.3, 0.4) is 0 Å². The Kier molecular flexibility index (Phi) is 10.8. The minimum Gasteiger partial charge on any atom is -0.484 e. The van der Waals surface area contributed by atoms with Gasteiger partial charge < -0.3 is 10.1 Å². The van der Waals surface area contributed by atoms with Crippen molar-refractivity contribution in [2.75, 3.05) is 25.4 Å². The molecule has 12 heteroatoms. The van der Waals surface area contributed by atoms with Gasteiger partial charge in [0.15, 0.2) is 6.61 Å². The first kappa shape index (κ1) is 27.1. The normalized spacial score (nSPS) is 13.8. The molecule has 34 heavy (non-hydrogen) atoms. The van der Waals surface area contributed by atoms with Gasteiger partial charge in [0.05, 0.1) is 11.5 Å². The van der Waals surface area contributed by atoms with Crippen LogP contribution in [0.5, 0.6) is 5.75 Å². The first-order valence-electron chi connectivity index (χ1n) is 11.1. The van der Waals surface area contributed by atoms with Gasteiger partial charge >= 0.3 is 0 Å². The molecule has 0 aliphatic carbocycles. The van der Waals surface area contributed by atoms with Crippen LogP contribution < -0.4 is 14.8 Å². The predicted octanol–water partition coefficient (Wildman–Crippen LogP) is 1.97. The van der Waals surface area contributed by atoms with Gasteiger partial charge in [-0.3, -0.25) is 19.1 Å². The van der Waals surface area contributed by atoms with E-state index in [1.807, 2.05) is 11.6 Å². The van der Waals surface area contributed by atoms with Crippen LogP contribution in [0.2, 0.25) is 0 Å². The Balaban J connectivity index is 1.59. The second-order valence-electron chi connectivity index (χ2n) is 8.05. The zero-order chi connectivity index (χ0) is 25.0. The monoisotopic (exact) mass is 493 g/mol. The third-order valence-corrected chi connectivity index (χ3v) is 6.54. The Labute approximate surface area is 199 Å². The minimum absolute atomic E-state index is 0.0207. The highest BCUT2D eigenvalue weighted by molar-refractivity contribution is 7.90. The lowest BCUT2D eigenvalue weighted by Crippen LogP contribution is -2.36. The zero-order valence-corrected chi connectivity index (χ0v) is 20.3. The van der Waals surface area contributed by atoms with E-state index in [4.69, 9.17) is 4.74 Å². The molecule has 0 saturated carbocycles. The molecule has 2 N–H and O–H groups in total. The molecule has 186 valence electrons. The van der Waals surface area contributed by atoms with Crippen LogP contribution in [0, 0.1) is 5.92 Å². The molecule has 1 atom stereocenters. The maximum Gasteiger partial charge on any atom is 0.271 e. The molecule has 0 unspecified atom stereocenters. The van der Waals surface area contributed by atoms with Crippen molar-refractivity contribution in [2.24, 2.45) is 21.4 Å². The van der Waals surface area contributed by atoms with Gasteiger partial charge in [-0.05, 0) is 55.7 Å². The Morgan fingerprint density at radius 2 is 1.82 bits per heavy atom. The number of sulfonamides is 1.